The molecule has 0 atom stereocenters. The molecule has 1 heterocycles. The van der Waals surface area contributed by atoms with Crippen LogP contribution in [0.3, 0.4) is 0 Å². The van der Waals surface area contributed by atoms with Crippen molar-refractivity contribution < 1.29 is 4.79 Å². The molecular formula is C14H19N5O. The average molecular weight is 273 g/mol. The first-order valence-corrected chi connectivity index (χ1v) is 6.56. The zero-order chi connectivity index (χ0) is 14.4. The standard InChI is InChI=1S/C14H19N5O/c15-11-3-4-12(13(16)9-11)14(20)18-5-1-2-7-19-8-6-17-10-19/h3-4,6,8-10H,1-2,5,7,15-16H2,(H,18,20). The van der Waals surface area contributed by atoms with Crippen LogP contribution in [0.5, 0.6) is 0 Å². The van der Waals surface area contributed by atoms with Crippen LogP contribution in [0.15, 0.2) is 36.9 Å². The van der Waals surface area contributed by atoms with Crippen molar-refractivity contribution in [3.05, 3.63) is 42.5 Å². The minimum atomic E-state index is -0.162. The topological polar surface area (TPSA) is 99.0 Å². The fourth-order valence-corrected chi connectivity index (χ4v) is 1.92. The number of nitrogens with one attached hydrogen (secondary N) is 1. The van der Waals surface area contributed by atoms with Gasteiger partial charge in [-0.2, -0.15) is 0 Å². The van der Waals surface area contributed by atoms with Crippen LogP contribution in [0, 0.1) is 0 Å². The number of nitrogens with two attached hydrogens (primary N) is 2. The number of carbonyl (C=O) groups excluding carboxylic acids is 1. The Balaban J connectivity index is 1.72. The van der Waals surface area contributed by atoms with Gasteiger partial charge >= 0.3 is 0 Å². The summed E-state index contributed by atoms with van der Waals surface area (Å²) in [6.45, 7) is 1.53. The van der Waals surface area contributed by atoms with Gasteiger partial charge in [0.15, 0.2) is 0 Å². The van der Waals surface area contributed by atoms with Crippen LogP contribution < -0.4 is 16.8 Å². The summed E-state index contributed by atoms with van der Waals surface area (Å²) in [5.41, 5.74) is 12.8. The fraction of sp³-hybridized carbons (Fsp3) is 0.286. The molecule has 0 saturated carbocycles. The molecule has 1 amide bonds. The molecular weight excluding hydrogens is 254 g/mol. The average Bonchev–Trinajstić information content (AvgIpc) is 2.91. The second-order valence-electron chi connectivity index (χ2n) is 4.61. The Bertz CT molecular complexity index is 565. The third kappa shape index (κ3) is 3.74. The predicted molar refractivity (Wildman–Crippen MR) is 79.1 cm³/mol. The van der Waals surface area contributed by atoms with Crippen molar-refractivity contribution in [1.82, 2.24) is 14.9 Å². The Labute approximate surface area is 117 Å². The van der Waals surface area contributed by atoms with Gasteiger partial charge in [-0.1, -0.05) is 0 Å². The minimum absolute atomic E-state index is 0.162. The number of aryl methyl sites for hydroxylation is 1. The molecule has 1 aromatic heterocycles. The van der Waals surface area contributed by atoms with Crippen LogP contribution in [-0.4, -0.2) is 22.0 Å². The zero-order valence-corrected chi connectivity index (χ0v) is 11.2. The Morgan fingerprint density at radius 2 is 2.15 bits per heavy atom. The van der Waals surface area contributed by atoms with Gasteiger partial charge in [-0.25, -0.2) is 4.98 Å². The van der Waals surface area contributed by atoms with E-state index in [2.05, 4.69) is 10.3 Å². The molecule has 1 aromatic carbocycles. The van der Waals surface area contributed by atoms with Crippen LogP contribution in [0.1, 0.15) is 23.2 Å². The molecule has 106 valence electrons. The summed E-state index contributed by atoms with van der Waals surface area (Å²) in [6, 6.07) is 4.91. The molecule has 0 fully saturated rings. The maximum Gasteiger partial charge on any atom is 0.253 e. The molecule has 20 heavy (non-hydrogen) atoms. The lowest BCUT2D eigenvalue weighted by atomic mass is 10.1. The van der Waals surface area contributed by atoms with Crippen LogP contribution in [0.2, 0.25) is 0 Å². The molecule has 0 aliphatic heterocycles. The van der Waals surface area contributed by atoms with Crippen LogP contribution in [0.25, 0.3) is 0 Å². The lowest BCUT2D eigenvalue weighted by Gasteiger charge is -2.08. The quantitative estimate of drug-likeness (QED) is 0.545. The molecule has 0 aliphatic carbocycles. The molecule has 6 nitrogen and oxygen atoms in total. The van der Waals surface area contributed by atoms with E-state index < -0.39 is 0 Å². The second-order valence-corrected chi connectivity index (χ2v) is 4.61. The molecule has 0 spiro atoms. The zero-order valence-electron chi connectivity index (χ0n) is 11.2. The maximum absolute atomic E-state index is 11.9. The Hall–Kier alpha value is -2.50. The summed E-state index contributed by atoms with van der Waals surface area (Å²) >= 11 is 0. The van der Waals surface area contributed by atoms with E-state index in [4.69, 9.17) is 11.5 Å². The van der Waals surface area contributed by atoms with Crippen molar-refractivity contribution in [2.75, 3.05) is 18.0 Å². The summed E-state index contributed by atoms with van der Waals surface area (Å²) in [7, 11) is 0. The number of hydrogen-bond acceptors (Lipinski definition) is 4. The SMILES string of the molecule is Nc1ccc(C(=O)NCCCCn2ccnc2)c(N)c1. The molecule has 0 radical (unpaired) electrons. The van der Waals surface area contributed by atoms with Crippen molar-refractivity contribution >= 4 is 17.3 Å². The van der Waals surface area contributed by atoms with Gasteiger partial charge in [0.25, 0.3) is 5.91 Å². The number of hydrogen-bond donors (Lipinski definition) is 3. The van der Waals surface area contributed by atoms with Crippen molar-refractivity contribution in [2.24, 2.45) is 0 Å². The first-order valence-electron chi connectivity index (χ1n) is 6.56. The van der Waals surface area contributed by atoms with E-state index in [1.807, 2.05) is 10.8 Å². The third-order valence-corrected chi connectivity index (χ3v) is 3.01. The highest BCUT2D eigenvalue weighted by atomic mass is 16.1. The number of nitrogen functional groups attached to an aromatic ring is 2. The summed E-state index contributed by atoms with van der Waals surface area (Å²) in [6.07, 6.45) is 7.35. The van der Waals surface area contributed by atoms with Crippen LogP contribution in [-0.2, 0) is 6.54 Å². The summed E-state index contributed by atoms with van der Waals surface area (Å²) in [5.74, 6) is -0.162. The molecule has 5 N–H and O–H groups in total. The summed E-state index contributed by atoms with van der Waals surface area (Å²) in [5, 5.41) is 2.85. The number of benzene rings is 1. The Morgan fingerprint density at radius 1 is 1.30 bits per heavy atom. The molecule has 2 rings (SSSR count). The smallest absolute Gasteiger partial charge is 0.253 e. The van der Waals surface area contributed by atoms with Gasteiger partial charge in [0, 0.05) is 36.9 Å². The van der Waals surface area contributed by atoms with E-state index in [1.54, 1.807) is 30.7 Å². The number of unbranched alkanes of at least 4 members (excludes halogenated alkanes) is 1. The van der Waals surface area contributed by atoms with Gasteiger partial charge in [-0.3, -0.25) is 4.79 Å². The van der Waals surface area contributed by atoms with Gasteiger partial charge in [-0.15, -0.1) is 0 Å². The summed E-state index contributed by atoms with van der Waals surface area (Å²) in [4.78, 5) is 15.9. The van der Waals surface area contributed by atoms with Crippen molar-refractivity contribution in [3.8, 4) is 0 Å². The lowest BCUT2D eigenvalue weighted by molar-refractivity contribution is 0.0954. The first kappa shape index (κ1) is 13.9. The van der Waals surface area contributed by atoms with Crippen LogP contribution >= 0.6 is 0 Å². The number of rotatable bonds is 6. The van der Waals surface area contributed by atoms with E-state index in [-0.39, 0.29) is 5.91 Å². The molecule has 0 unspecified atom stereocenters. The Morgan fingerprint density at radius 3 is 2.85 bits per heavy atom. The van der Waals surface area contributed by atoms with Gasteiger partial charge in [0.1, 0.15) is 0 Å². The minimum Gasteiger partial charge on any atom is -0.399 e. The molecule has 2 aromatic rings. The second kappa shape index (κ2) is 6.60. The van der Waals surface area contributed by atoms with Crippen molar-refractivity contribution in [3.63, 3.8) is 0 Å². The van der Waals surface area contributed by atoms with E-state index in [0.29, 0.717) is 23.5 Å². The molecule has 6 heteroatoms. The first-order chi connectivity index (χ1) is 9.66. The van der Waals surface area contributed by atoms with E-state index in [1.165, 1.54) is 0 Å². The highest BCUT2D eigenvalue weighted by Gasteiger charge is 2.08. The predicted octanol–water partition coefficient (Wildman–Crippen LogP) is 1.26. The Kier molecular flexibility index (Phi) is 4.60. The number of carbonyl (C=O) groups is 1. The van der Waals surface area contributed by atoms with Gasteiger partial charge in [0.05, 0.1) is 11.9 Å². The molecule has 0 aliphatic rings. The van der Waals surface area contributed by atoms with Gasteiger partial charge in [0.2, 0.25) is 0 Å². The van der Waals surface area contributed by atoms with E-state index in [9.17, 15) is 4.79 Å². The monoisotopic (exact) mass is 273 g/mol. The number of amides is 1. The number of nitrogens with zero attached hydrogens (tertiary/aromatic N) is 2. The van der Waals surface area contributed by atoms with Crippen molar-refractivity contribution in [2.45, 2.75) is 19.4 Å². The van der Waals surface area contributed by atoms with Crippen molar-refractivity contribution in [1.29, 1.82) is 0 Å². The molecule has 0 saturated heterocycles. The normalized spacial score (nSPS) is 10.4. The number of aromatic nitrogens is 2. The molecule has 0 bridgehead atoms. The summed E-state index contributed by atoms with van der Waals surface area (Å²) < 4.78 is 2.01. The number of anilines is 2. The highest BCUT2D eigenvalue weighted by molar-refractivity contribution is 5.99. The van der Waals surface area contributed by atoms with E-state index >= 15 is 0 Å². The fourth-order valence-electron chi connectivity index (χ4n) is 1.92. The van der Waals surface area contributed by atoms with E-state index in [0.717, 1.165) is 19.4 Å². The largest absolute Gasteiger partial charge is 0.399 e. The number of imidazole rings is 1. The lowest BCUT2D eigenvalue weighted by Crippen LogP contribution is -2.25. The third-order valence-electron chi connectivity index (χ3n) is 3.01. The highest BCUT2D eigenvalue weighted by Crippen LogP contribution is 2.15. The van der Waals surface area contributed by atoms with Gasteiger partial charge in [-0.05, 0) is 31.0 Å². The maximum atomic E-state index is 11.9. The van der Waals surface area contributed by atoms with Crippen LogP contribution in [0.4, 0.5) is 11.4 Å². The van der Waals surface area contributed by atoms with Gasteiger partial charge < -0.3 is 21.4 Å².